The van der Waals surface area contributed by atoms with Crippen molar-refractivity contribution >= 4 is 27.5 Å². The number of hydrogen-bond acceptors (Lipinski definition) is 3. The van der Waals surface area contributed by atoms with E-state index in [0.29, 0.717) is 6.54 Å². The van der Waals surface area contributed by atoms with Crippen molar-refractivity contribution in [3.8, 4) is 0 Å². The highest BCUT2D eigenvalue weighted by molar-refractivity contribution is 7.89. The lowest BCUT2D eigenvalue weighted by Gasteiger charge is -2.14. The van der Waals surface area contributed by atoms with Crippen LogP contribution >= 0.6 is 11.6 Å². The SMILES string of the molecule is CNS(=O)(=O)c1ccc(Cl)c(C(=O)NCC(C)c2ccccc2)c1. The highest BCUT2D eigenvalue weighted by atomic mass is 35.5. The van der Waals surface area contributed by atoms with Crippen LogP contribution in [0.2, 0.25) is 5.02 Å². The van der Waals surface area contributed by atoms with Gasteiger partial charge in [0.25, 0.3) is 5.91 Å². The van der Waals surface area contributed by atoms with Gasteiger partial charge in [-0.15, -0.1) is 0 Å². The van der Waals surface area contributed by atoms with E-state index >= 15 is 0 Å². The molecule has 2 N–H and O–H groups in total. The van der Waals surface area contributed by atoms with Gasteiger partial charge in [0.1, 0.15) is 0 Å². The van der Waals surface area contributed by atoms with Crippen LogP contribution in [0.4, 0.5) is 0 Å². The van der Waals surface area contributed by atoms with Gasteiger partial charge in [0.15, 0.2) is 0 Å². The van der Waals surface area contributed by atoms with Crippen LogP contribution in [0, 0.1) is 0 Å². The quantitative estimate of drug-likeness (QED) is 0.825. The number of hydrogen-bond donors (Lipinski definition) is 2. The van der Waals surface area contributed by atoms with Crippen LogP contribution in [-0.4, -0.2) is 27.9 Å². The van der Waals surface area contributed by atoms with E-state index in [-0.39, 0.29) is 21.4 Å². The van der Waals surface area contributed by atoms with Crippen LogP contribution in [0.15, 0.2) is 53.4 Å². The number of carbonyl (C=O) groups is 1. The Morgan fingerprint density at radius 1 is 1.17 bits per heavy atom. The Hall–Kier alpha value is -1.89. The number of rotatable bonds is 6. The van der Waals surface area contributed by atoms with Gasteiger partial charge in [0.2, 0.25) is 10.0 Å². The smallest absolute Gasteiger partial charge is 0.252 e. The van der Waals surface area contributed by atoms with Gasteiger partial charge < -0.3 is 5.32 Å². The van der Waals surface area contributed by atoms with E-state index in [9.17, 15) is 13.2 Å². The number of sulfonamides is 1. The Labute approximate surface area is 147 Å². The van der Waals surface area contributed by atoms with Gasteiger partial charge in [-0.3, -0.25) is 4.79 Å². The molecule has 0 aliphatic rings. The lowest BCUT2D eigenvalue weighted by atomic mass is 10.0. The third kappa shape index (κ3) is 4.35. The molecule has 1 unspecified atom stereocenters. The van der Waals surface area contributed by atoms with Crippen molar-refractivity contribution in [3.63, 3.8) is 0 Å². The average Bonchev–Trinajstić information content (AvgIpc) is 2.60. The molecule has 1 amide bonds. The minimum atomic E-state index is -3.63. The Balaban J connectivity index is 2.14. The predicted molar refractivity (Wildman–Crippen MR) is 94.9 cm³/mol. The van der Waals surface area contributed by atoms with Crippen molar-refractivity contribution in [3.05, 3.63) is 64.7 Å². The number of benzene rings is 2. The topological polar surface area (TPSA) is 75.3 Å². The molecule has 0 fully saturated rings. The summed E-state index contributed by atoms with van der Waals surface area (Å²) in [6.07, 6.45) is 0. The Kier molecular flexibility index (Phi) is 5.99. The second-order valence-electron chi connectivity index (χ2n) is 5.37. The first-order chi connectivity index (χ1) is 11.3. The third-order valence-corrected chi connectivity index (χ3v) is 5.44. The molecule has 0 aromatic heterocycles. The normalized spacial score (nSPS) is 12.6. The van der Waals surface area contributed by atoms with Crippen LogP contribution in [-0.2, 0) is 10.0 Å². The highest BCUT2D eigenvalue weighted by Gasteiger charge is 2.18. The van der Waals surface area contributed by atoms with E-state index in [1.807, 2.05) is 37.3 Å². The number of halogens is 1. The summed E-state index contributed by atoms with van der Waals surface area (Å²) >= 11 is 6.04. The standard InChI is InChI=1S/C17H19ClN2O3S/c1-12(13-6-4-3-5-7-13)11-20-17(21)15-10-14(8-9-16(15)18)24(22,23)19-2/h3-10,12,19H,11H2,1-2H3,(H,20,21). The lowest BCUT2D eigenvalue weighted by Crippen LogP contribution is -2.28. The average molecular weight is 367 g/mol. The molecular weight excluding hydrogens is 348 g/mol. The molecule has 1 atom stereocenters. The molecule has 2 aromatic rings. The molecule has 0 radical (unpaired) electrons. The molecule has 0 saturated carbocycles. The van der Waals surface area contributed by atoms with E-state index in [0.717, 1.165) is 5.56 Å². The van der Waals surface area contributed by atoms with E-state index in [4.69, 9.17) is 11.6 Å². The largest absolute Gasteiger partial charge is 0.351 e. The molecule has 2 rings (SSSR count). The third-order valence-electron chi connectivity index (χ3n) is 3.70. The van der Waals surface area contributed by atoms with Gasteiger partial charge in [-0.2, -0.15) is 0 Å². The zero-order valence-electron chi connectivity index (χ0n) is 13.4. The fourth-order valence-electron chi connectivity index (χ4n) is 2.20. The van der Waals surface area contributed by atoms with Crippen molar-refractivity contribution in [2.24, 2.45) is 0 Å². The van der Waals surface area contributed by atoms with Gasteiger partial charge in [0, 0.05) is 6.54 Å². The van der Waals surface area contributed by atoms with E-state index in [1.165, 1.54) is 25.2 Å². The summed E-state index contributed by atoms with van der Waals surface area (Å²) in [5.41, 5.74) is 1.24. The summed E-state index contributed by atoms with van der Waals surface area (Å²) < 4.78 is 25.9. The fraction of sp³-hybridized carbons (Fsp3) is 0.235. The maximum absolute atomic E-state index is 12.4. The van der Waals surface area contributed by atoms with Gasteiger partial charge in [-0.25, -0.2) is 13.1 Å². The second-order valence-corrected chi connectivity index (χ2v) is 7.66. The van der Waals surface area contributed by atoms with Crippen molar-refractivity contribution in [2.45, 2.75) is 17.7 Å². The first-order valence-electron chi connectivity index (χ1n) is 7.41. The van der Waals surface area contributed by atoms with E-state index < -0.39 is 15.9 Å². The van der Waals surface area contributed by atoms with Crippen LogP contribution in [0.25, 0.3) is 0 Å². The van der Waals surface area contributed by atoms with Crippen LogP contribution < -0.4 is 10.0 Å². The zero-order chi connectivity index (χ0) is 17.7. The van der Waals surface area contributed by atoms with Gasteiger partial charge in [0.05, 0.1) is 15.5 Å². The lowest BCUT2D eigenvalue weighted by molar-refractivity contribution is 0.0951. The first-order valence-corrected chi connectivity index (χ1v) is 9.27. The van der Waals surface area contributed by atoms with E-state index in [2.05, 4.69) is 10.0 Å². The molecule has 0 aliphatic heterocycles. The molecule has 24 heavy (non-hydrogen) atoms. The Bertz CT molecular complexity index is 823. The minimum Gasteiger partial charge on any atom is -0.351 e. The molecule has 128 valence electrons. The van der Waals surface area contributed by atoms with Crippen molar-refractivity contribution in [2.75, 3.05) is 13.6 Å². The summed E-state index contributed by atoms with van der Waals surface area (Å²) in [6.45, 7) is 2.42. The van der Waals surface area contributed by atoms with Gasteiger partial charge in [-0.1, -0.05) is 48.9 Å². The Morgan fingerprint density at radius 2 is 1.83 bits per heavy atom. The first kappa shape index (κ1) is 18.4. The van der Waals surface area contributed by atoms with Crippen LogP contribution in [0.1, 0.15) is 28.8 Å². The molecule has 0 aliphatic carbocycles. The Morgan fingerprint density at radius 3 is 2.46 bits per heavy atom. The maximum atomic E-state index is 12.4. The fourth-order valence-corrected chi connectivity index (χ4v) is 3.16. The highest BCUT2D eigenvalue weighted by Crippen LogP contribution is 2.21. The number of amides is 1. The van der Waals surface area contributed by atoms with Crippen LogP contribution in [0.5, 0.6) is 0 Å². The molecular formula is C17H19ClN2O3S. The number of carbonyl (C=O) groups excluding carboxylic acids is 1. The number of nitrogens with one attached hydrogen (secondary N) is 2. The molecule has 0 heterocycles. The van der Waals surface area contributed by atoms with Crippen molar-refractivity contribution in [1.29, 1.82) is 0 Å². The minimum absolute atomic E-state index is 0.00402. The van der Waals surface area contributed by atoms with Crippen molar-refractivity contribution < 1.29 is 13.2 Å². The molecule has 0 bridgehead atoms. The molecule has 2 aromatic carbocycles. The maximum Gasteiger partial charge on any atom is 0.252 e. The van der Waals surface area contributed by atoms with Crippen molar-refractivity contribution in [1.82, 2.24) is 10.0 Å². The van der Waals surface area contributed by atoms with Crippen LogP contribution in [0.3, 0.4) is 0 Å². The summed E-state index contributed by atoms with van der Waals surface area (Å²) in [5.74, 6) is -0.283. The summed E-state index contributed by atoms with van der Waals surface area (Å²) in [6, 6.07) is 13.8. The molecule has 7 heteroatoms. The monoisotopic (exact) mass is 366 g/mol. The van der Waals surface area contributed by atoms with E-state index in [1.54, 1.807) is 0 Å². The molecule has 0 saturated heterocycles. The van der Waals surface area contributed by atoms with Gasteiger partial charge in [-0.05, 0) is 36.7 Å². The van der Waals surface area contributed by atoms with Gasteiger partial charge >= 0.3 is 0 Å². The second kappa shape index (κ2) is 7.79. The molecule has 0 spiro atoms. The summed E-state index contributed by atoms with van der Waals surface area (Å²) in [5, 5.41) is 3.00. The summed E-state index contributed by atoms with van der Waals surface area (Å²) in [7, 11) is -2.32. The molecule has 5 nitrogen and oxygen atoms in total. The predicted octanol–water partition coefficient (Wildman–Crippen LogP) is 2.78. The summed E-state index contributed by atoms with van der Waals surface area (Å²) in [4.78, 5) is 12.4. The zero-order valence-corrected chi connectivity index (χ0v) is 15.0.